The van der Waals surface area contributed by atoms with E-state index in [0.717, 1.165) is 0 Å². The van der Waals surface area contributed by atoms with Crippen molar-refractivity contribution in [2.75, 3.05) is 26.4 Å². The van der Waals surface area contributed by atoms with Crippen molar-refractivity contribution in [2.24, 2.45) is 0 Å². The molecule has 0 aliphatic carbocycles. The lowest BCUT2D eigenvalue weighted by molar-refractivity contribution is -0.197. The second kappa shape index (κ2) is 10.9. The lowest BCUT2D eigenvalue weighted by Crippen LogP contribution is -2.65. The maximum Gasteiger partial charge on any atom is 0.202 e. The lowest BCUT2D eigenvalue weighted by atomic mass is 9.84. The zero-order chi connectivity index (χ0) is 23.2. The fourth-order valence-corrected chi connectivity index (χ4v) is 2.46. The van der Waals surface area contributed by atoms with Gasteiger partial charge in [0.2, 0.25) is 23.1 Å². The molecule has 0 spiro atoms. The molecule has 0 bridgehead atoms. The van der Waals surface area contributed by atoms with E-state index in [1.807, 2.05) is 0 Å². The van der Waals surface area contributed by atoms with Crippen molar-refractivity contribution in [1.82, 2.24) is 0 Å². The standard InChI is InChI=1S/C16H26O13/c1-15(11(25)7(21)3-17,12(26)8(22)4-18)29-16(2,13(27)9(23)5-19)14(28)10(24)6-20/h7-10,17-24H,3-6H2,1-2H3. The highest BCUT2D eigenvalue weighted by molar-refractivity contribution is 6.17. The van der Waals surface area contributed by atoms with Gasteiger partial charge in [-0.25, -0.2) is 0 Å². The van der Waals surface area contributed by atoms with E-state index in [1.54, 1.807) is 0 Å². The van der Waals surface area contributed by atoms with E-state index in [4.69, 9.17) is 25.2 Å². The number of ketones is 4. The predicted molar refractivity (Wildman–Crippen MR) is 90.3 cm³/mol. The van der Waals surface area contributed by atoms with Gasteiger partial charge < -0.3 is 45.6 Å². The minimum absolute atomic E-state index is 0.616. The first kappa shape index (κ1) is 27.3. The predicted octanol–water partition coefficient (Wildman–Crippen LogP) is -5.79. The third-order valence-corrected chi connectivity index (χ3v) is 4.19. The topological polar surface area (TPSA) is 239 Å². The highest BCUT2D eigenvalue weighted by Crippen LogP contribution is 2.29. The molecule has 0 aliphatic heterocycles. The molecule has 0 aromatic heterocycles. The monoisotopic (exact) mass is 426 g/mol. The summed E-state index contributed by atoms with van der Waals surface area (Å²) in [6.45, 7) is -3.67. The molecule has 13 nitrogen and oxygen atoms in total. The summed E-state index contributed by atoms with van der Waals surface area (Å²) in [4.78, 5) is 49.9. The van der Waals surface area contributed by atoms with Crippen molar-refractivity contribution >= 4 is 23.1 Å². The fourth-order valence-electron chi connectivity index (χ4n) is 2.46. The highest BCUT2D eigenvalue weighted by atomic mass is 16.5. The molecule has 0 amide bonds. The van der Waals surface area contributed by atoms with Gasteiger partial charge in [-0.1, -0.05) is 0 Å². The van der Waals surface area contributed by atoms with E-state index in [-0.39, 0.29) is 0 Å². The van der Waals surface area contributed by atoms with Crippen LogP contribution in [0, 0.1) is 0 Å². The van der Waals surface area contributed by atoms with Crippen LogP contribution in [-0.2, 0) is 23.9 Å². The van der Waals surface area contributed by atoms with Crippen LogP contribution in [0.25, 0.3) is 0 Å². The Bertz CT molecular complexity index is 520. The third-order valence-electron chi connectivity index (χ3n) is 4.19. The van der Waals surface area contributed by atoms with Gasteiger partial charge in [-0.05, 0) is 13.8 Å². The van der Waals surface area contributed by atoms with E-state index in [1.165, 1.54) is 0 Å². The van der Waals surface area contributed by atoms with Crippen LogP contribution >= 0.6 is 0 Å². The number of aliphatic hydroxyl groups excluding tert-OH is 8. The molecule has 168 valence electrons. The summed E-state index contributed by atoms with van der Waals surface area (Å²) >= 11 is 0. The van der Waals surface area contributed by atoms with E-state index in [2.05, 4.69) is 0 Å². The Kier molecular flexibility index (Phi) is 10.3. The Morgan fingerprint density at radius 1 is 0.586 bits per heavy atom. The zero-order valence-corrected chi connectivity index (χ0v) is 15.8. The molecule has 0 saturated heterocycles. The normalized spacial score (nSPS) is 19.9. The number of hydrogen-bond acceptors (Lipinski definition) is 13. The second-order valence-electron chi connectivity index (χ2n) is 6.42. The van der Waals surface area contributed by atoms with Gasteiger partial charge in [0.25, 0.3) is 0 Å². The first-order valence-corrected chi connectivity index (χ1v) is 8.31. The summed E-state index contributed by atoms with van der Waals surface area (Å²) in [7, 11) is 0. The third kappa shape index (κ3) is 5.69. The summed E-state index contributed by atoms with van der Waals surface area (Å²) in [5.41, 5.74) is -6.09. The summed E-state index contributed by atoms with van der Waals surface area (Å²) < 4.78 is 5.08. The van der Waals surface area contributed by atoms with Crippen molar-refractivity contribution in [3.63, 3.8) is 0 Å². The first-order valence-electron chi connectivity index (χ1n) is 8.31. The van der Waals surface area contributed by atoms with Crippen molar-refractivity contribution in [3.05, 3.63) is 0 Å². The summed E-state index contributed by atoms with van der Waals surface area (Å²) in [5.74, 6) is -6.50. The van der Waals surface area contributed by atoms with Crippen molar-refractivity contribution in [2.45, 2.75) is 49.5 Å². The van der Waals surface area contributed by atoms with Gasteiger partial charge in [0.15, 0.2) is 11.2 Å². The number of hydrogen-bond donors (Lipinski definition) is 8. The lowest BCUT2D eigenvalue weighted by Gasteiger charge is -2.39. The Morgan fingerprint density at radius 3 is 0.897 bits per heavy atom. The Hall–Kier alpha value is -1.68. The number of Topliss-reactive ketones (excluding diaryl/α,β-unsaturated/α-hetero) is 4. The van der Waals surface area contributed by atoms with Crippen LogP contribution in [0.1, 0.15) is 13.8 Å². The average Bonchev–Trinajstić information content (AvgIpc) is 2.73. The van der Waals surface area contributed by atoms with Gasteiger partial charge >= 0.3 is 0 Å². The molecule has 0 aliphatic rings. The smallest absolute Gasteiger partial charge is 0.202 e. The minimum atomic E-state index is -3.05. The Morgan fingerprint density at radius 2 is 0.759 bits per heavy atom. The van der Waals surface area contributed by atoms with Gasteiger partial charge in [0.05, 0.1) is 26.4 Å². The molecule has 0 rings (SSSR count). The molecule has 0 saturated carbocycles. The molecule has 29 heavy (non-hydrogen) atoms. The van der Waals surface area contributed by atoms with Crippen molar-refractivity contribution in [1.29, 1.82) is 0 Å². The number of aliphatic hydroxyl groups is 8. The van der Waals surface area contributed by atoms with Crippen LogP contribution < -0.4 is 0 Å². The van der Waals surface area contributed by atoms with Gasteiger partial charge in [-0.15, -0.1) is 0 Å². The molecule has 4 unspecified atom stereocenters. The van der Waals surface area contributed by atoms with E-state index < -0.39 is 85.2 Å². The minimum Gasteiger partial charge on any atom is -0.393 e. The molecule has 0 aromatic carbocycles. The molecule has 13 heteroatoms. The average molecular weight is 426 g/mol. The highest BCUT2D eigenvalue weighted by Gasteiger charge is 2.57. The largest absolute Gasteiger partial charge is 0.393 e. The van der Waals surface area contributed by atoms with Crippen LogP contribution in [0.4, 0.5) is 0 Å². The molecular formula is C16H26O13. The quantitative estimate of drug-likeness (QED) is 0.121. The van der Waals surface area contributed by atoms with Crippen LogP contribution in [-0.4, -0.2) is 126 Å². The molecule has 0 aromatic rings. The summed E-state index contributed by atoms with van der Waals surface area (Å²) in [6.07, 6.45) is -9.13. The summed E-state index contributed by atoms with van der Waals surface area (Å²) in [6, 6.07) is 0. The summed E-state index contributed by atoms with van der Waals surface area (Å²) in [5, 5.41) is 74.4. The Balaban J connectivity index is 6.58. The van der Waals surface area contributed by atoms with E-state index >= 15 is 0 Å². The van der Waals surface area contributed by atoms with Crippen LogP contribution in [0.15, 0.2) is 0 Å². The molecule has 4 atom stereocenters. The molecule has 8 N–H and O–H groups in total. The van der Waals surface area contributed by atoms with Crippen LogP contribution in [0.5, 0.6) is 0 Å². The van der Waals surface area contributed by atoms with E-state index in [9.17, 15) is 39.6 Å². The van der Waals surface area contributed by atoms with Crippen LogP contribution in [0.2, 0.25) is 0 Å². The Labute approximate surface area is 164 Å². The molecule has 0 radical (unpaired) electrons. The number of carbonyl (C=O) groups is 4. The van der Waals surface area contributed by atoms with Crippen molar-refractivity contribution < 1.29 is 64.8 Å². The van der Waals surface area contributed by atoms with E-state index in [0.29, 0.717) is 13.8 Å². The van der Waals surface area contributed by atoms with Gasteiger partial charge in [-0.2, -0.15) is 0 Å². The molecule has 0 fully saturated rings. The SMILES string of the molecule is CC(OC(C)(C(=O)C(O)CO)C(=O)C(O)CO)(C(=O)C(O)CO)C(=O)C(O)CO. The zero-order valence-electron chi connectivity index (χ0n) is 15.8. The molecule has 0 heterocycles. The maximum atomic E-state index is 12.5. The van der Waals surface area contributed by atoms with Crippen molar-refractivity contribution in [3.8, 4) is 0 Å². The van der Waals surface area contributed by atoms with Gasteiger partial charge in [-0.3, -0.25) is 19.2 Å². The fraction of sp³-hybridized carbons (Fsp3) is 0.750. The number of carbonyl (C=O) groups excluding carboxylic acids is 4. The van der Waals surface area contributed by atoms with Crippen LogP contribution in [0.3, 0.4) is 0 Å². The number of rotatable bonds is 14. The van der Waals surface area contributed by atoms with Gasteiger partial charge in [0.1, 0.15) is 24.4 Å². The first-order chi connectivity index (χ1) is 13.3. The second-order valence-corrected chi connectivity index (χ2v) is 6.42. The number of ether oxygens (including phenoxy) is 1. The van der Waals surface area contributed by atoms with Gasteiger partial charge in [0, 0.05) is 0 Å². The molecular weight excluding hydrogens is 400 g/mol. The maximum absolute atomic E-state index is 12.5.